The van der Waals surface area contributed by atoms with E-state index in [2.05, 4.69) is 12.1 Å². The molecule has 0 saturated heterocycles. The number of fused-ring (bicyclic) bond motifs is 2. The van der Waals surface area contributed by atoms with Gasteiger partial charge in [0.2, 0.25) is 0 Å². The maximum absolute atomic E-state index is 10.6. The number of ether oxygens (including phenoxy) is 1. The number of carbonyl (C=O) groups is 1. The lowest BCUT2D eigenvalue weighted by molar-refractivity contribution is -0.139. The van der Waals surface area contributed by atoms with Gasteiger partial charge in [-0.25, -0.2) is 4.79 Å². The maximum Gasteiger partial charge on any atom is 0.341 e. The molecular formula is C16H12O3. The molecule has 3 heteroatoms. The molecule has 0 fully saturated rings. The highest BCUT2D eigenvalue weighted by molar-refractivity contribution is 6.00. The summed E-state index contributed by atoms with van der Waals surface area (Å²) in [5.74, 6) is -0.372. The molecule has 0 aromatic heterocycles. The zero-order chi connectivity index (χ0) is 13.2. The average Bonchev–Trinajstić information content (AvgIpc) is 2.42. The molecule has 94 valence electrons. The van der Waals surface area contributed by atoms with E-state index in [4.69, 9.17) is 9.84 Å². The van der Waals surface area contributed by atoms with Crippen molar-refractivity contribution in [1.29, 1.82) is 0 Å². The molecule has 3 aromatic rings. The molecule has 19 heavy (non-hydrogen) atoms. The highest BCUT2D eigenvalue weighted by atomic mass is 16.5. The molecule has 3 nitrogen and oxygen atoms in total. The lowest BCUT2D eigenvalue weighted by atomic mass is 10.0. The van der Waals surface area contributed by atoms with Gasteiger partial charge in [-0.05, 0) is 34.4 Å². The monoisotopic (exact) mass is 252 g/mol. The van der Waals surface area contributed by atoms with Gasteiger partial charge in [0, 0.05) is 5.39 Å². The smallest absolute Gasteiger partial charge is 0.341 e. The molecule has 3 aromatic carbocycles. The van der Waals surface area contributed by atoms with Crippen LogP contribution in [0.5, 0.6) is 5.75 Å². The topological polar surface area (TPSA) is 46.5 Å². The first-order chi connectivity index (χ1) is 9.24. The molecule has 0 atom stereocenters. The highest BCUT2D eigenvalue weighted by Crippen LogP contribution is 2.29. The van der Waals surface area contributed by atoms with Gasteiger partial charge in [-0.1, -0.05) is 36.4 Å². The molecule has 0 aliphatic carbocycles. The molecule has 0 heterocycles. The number of benzene rings is 3. The van der Waals surface area contributed by atoms with Gasteiger partial charge in [-0.15, -0.1) is 0 Å². The van der Waals surface area contributed by atoms with E-state index in [-0.39, 0.29) is 6.61 Å². The second-order valence-corrected chi connectivity index (χ2v) is 4.36. The van der Waals surface area contributed by atoms with Crippen molar-refractivity contribution < 1.29 is 14.6 Å². The number of hydrogen-bond donors (Lipinski definition) is 1. The summed E-state index contributed by atoms with van der Waals surface area (Å²) < 4.78 is 5.33. The van der Waals surface area contributed by atoms with Crippen molar-refractivity contribution in [3.8, 4) is 5.75 Å². The van der Waals surface area contributed by atoms with E-state index in [0.717, 1.165) is 21.5 Å². The maximum atomic E-state index is 10.6. The third-order valence-corrected chi connectivity index (χ3v) is 3.06. The third kappa shape index (κ3) is 2.22. The van der Waals surface area contributed by atoms with Gasteiger partial charge in [-0.2, -0.15) is 0 Å². The van der Waals surface area contributed by atoms with Gasteiger partial charge in [0.1, 0.15) is 5.75 Å². The van der Waals surface area contributed by atoms with Crippen LogP contribution in [0.4, 0.5) is 0 Å². The van der Waals surface area contributed by atoms with Gasteiger partial charge < -0.3 is 9.84 Å². The molecule has 0 aliphatic heterocycles. The van der Waals surface area contributed by atoms with Crippen LogP contribution >= 0.6 is 0 Å². The molecule has 3 rings (SSSR count). The predicted octanol–water partition coefficient (Wildman–Crippen LogP) is 3.46. The Labute approximate surface area is 110 Å². The Bertz CT molecular complexity index is 762. The number of hydrogen-bond acceptors (Lipinski definition) is 2. The van der Waals surface area contributed by atoms with Crippen LogP contribution in [0.15, 0.2) is 54.6 Å². The van der Waals surface area contributed by atoms with E-state index in [1.807, 2.05) is 36.4 Å². The summed E-state index contributed by atoms with van der Waals surface area (Å²) in [6.45, 7) is -0.327. The SMILES string of the molecule is O=C(O)COc1cccc2cc3ccccc3cc12. The molecular weight excluding hydrogens is 240 g/mol. The number of carboxylic acids is 1. The summed E-state index contributed by atoms with van der Waals surface area (Å²) in [4.78, 5) is 10.6. The van der Waals surface area contributed by atoms with E-state index in [1.165, 1.54) is 0 Å². The van der Waals surface area contributed by atoms with E-state index in [0.29, 0.717) is 5.75 Å². The first-order valence-corrected chi connectivity index (χ1v) is 6.00. The van der Waals surface area contributed by atoms with Crippen LogP contribution in [0.25, 0.3) is 21.5 Å². The quantitative estimate of drug-likeness (QED) is 0.726. The van der Waals surface area contributed by atoms with Crippen molar-refractivity contribution in [1.82, 2.24) is 0 Å². The molecule has 0 amide bonds. The summed E-state index contributed by atoms with van der Waals surface area (Å²) in [5, 5.41) is 12.9. The van der Waals surface area contributed by atoms with E-state index < -0.39 is 5.97 Å². The minimum atomic E-state index is -0.974. The van der Waals surface area contributed by atoms with Crippen molar-refractivity contribution in [2.75, 3.05) is 6.61 Å². The van der Waals surface area contributed by atoms with Crippen molar-refractivity contribution in [2.45, 2.75) is 0 Å². The fourth-order valence-electron chi connectivity index (χ4n) is 2.20. The highest BCUT2D eigenvalue weighted by Gasteiger charge is 2.05. The van der Waals surface area contributed by atoms with Gasteiger partial charge in [0.25, 0.3) is 0 Å². The summed E-state index contributed by atoms with van der Waals surface area (Å²) >= 11 is 0. The van der Waals surface area contributed by atoms with Crippen LogP contribution in [0.1, 0.15) is 0 Å². The lowest BCUT2D eigenvalue weighted by Crippen LogP contribution is -2.09. The van der Waals surface area contributed by atoms with Crippen molar-refractivity contribution in [2.24, 2.45) is 0 Å². The van der Waals surface area contributed by atoms with Crippen LogP contribution in [0.3, 0.4) is 0 Å². The molecule has 0 spiro atoms. The van der Waals surface area contributed by atoms with Crippen LogP contribution in [-0.4, -0.2) is 17.7 Å². The Morgan fingerprint density at radius 3 is 2.37 bits per heavy atom. The Morgan fingerprint density at radius 1 is 0.947 bits per heavy atom. The number of rotatable bonds is 3. The Hall–Kier alpha value is -2.55. The van der Waals surface area contributed by atoms with Crippen LogP contribution in [0, 0.1) is 0 Å². The van der Waals surface area contributed by atoms with Crippen LogP contribution in [-0.2, 0) is 4.79 Å². The third-order valence-electron chi connectivity index (χ3n) is 3.06. The molecule has 0 unspecified atom stereocenters. The Balaban J connectivity index is 2.17. The molecule has 0 saturated carbocycles. The van der Waals surface area contributed by atoms with E-state index >= 15 is 0 Å². The first-order valence-electron chi connectivity index (χ1n) is 6.00. The second-order valence-electron chi connectivity index (χ2n) is 4.36. The van der Waals surface area contributed by atoms with Gasteiger partial charge >= 0.3 is 5.97 Å². The average molecular weight is 252 g/mol. The minimum absolute atomic E-state index is 0.327. The Kier molecular flexibility index (Phi) is 2.80. The molecule has 1 N–H and O–H groups in total. The minimum Gasteiger partial charge on any atom is -0.481 e. The lowest BCUT2D eigenvalue weighted by Gasteiger charge is -2.08. The van der Waals surface area contributed by atoms with Crippen molar-refractivity contribution in [3.63, 3.8) is 0 Å². The van der Waals surface area contributed by atoms with Crippen molar-refractivity contribution >= 4 is 27.5 Å². The fraction of sp³-hybridized carbons (Fsp3) is 0.0625. The second kappa shape index (κ2) is 4.61. The summed E-state index contributed by atoms with van der Waals surface area (Å²) in [5.41, 5.74) is 0. The summed E-state index contributed by atoms with van der Waals surface area (Å²) in [7, 11) is 0. The Morgan fingerprint density at radius 2 is 1.63 bits per heavy atom. The van der Waals surface area contributed by atoms with Crippen LogP contribution < -0.4 is 4.74 Å². The van der Waals surface area contributed by atoms with E-state index in [9.17, 15) is 4.79 Å². The van der Waals surface area contributed by atoms with Gasteiger partial charge in [0.15, 0.2) is 6.61 Å². The normalized spacial score (nSPS) is 10.7. The zero-order valence-electron chi connectivity index (χ0n) is 10.2. The van der Waals surface area contributed by atoms with E-state index in [1.54, 1.807) is 6.07 Å². The number of aliphatic carboxylic acids is 1. The van der Waals surface area contributed by atoms with Crippen LogP contribution in [0.2, 0.25) is 0 Å². The summed E-state index contributed by atoms with van der Waals surface area (Å²) in [6.07, 6.45) is 0. The van der Waals surface area contributed by atoms with Crippen molar-refractivity contribution in [3.05, 3.63) is 54.6 Å². The molecule has 0 bridgehead atoms. The molecule has 0 radical (unpaired) electrons. The number of carboxylic acid groups (broad SMARTS) is 1. The largest absolute Gasteiger partial charge is 0.481 e. The molecule has 0 aliphatic rings. The standard InChI is InChI=1S/C16H12O3/c17-16(18)10-19-15-7-3-6-13-8-11-4-1-2-5-12(11)9-14(13)15/h1-9H,10H2,(H,17,18). The zero-order valence-corrected chi connectivity index (χ0v) is 10.2. The van der Waals surface area contributed by atoms with Gasteiger partial charge in [0.05, 0.1) is 0 Å². The predicted molar refractivity (Wildman–Crippen MR) is 74.6 cm³/mol. The van der Waals surface area contributed by atoms with Gasteiger partial charge in [-0.3, -0.25) is 0 Å². The fourth-order valence-corrected chi connectivity index (χ4v) is 2.20. The first kappa shape index (κ1) is 11.5. The summed E-state index contributed by atoms with van der Waals surface area (Å²) in [6, 6.07) is 17.8.